The number of ether oxygens (including phenoxy) is 1. The van der Waals surface area contributed by atoms with Crippen molar-refractivity contribution in [3.8, 4) is 5.75 Å². The third kappa shape index (κ3) is 4.12. The highest BCUT2D eigenvalue weighted by Gasteiger charge is 1.98. The molecule has 0 radical (unpaired) electrons. The topological polar surface area (TPSA) is 68.1 Å². The van der Waals surface area contributed by atoms with E-state index in [1.807, 2.05) is 0 Å². The monoisotopic (exact) mass is 209 g/mol. The van der Waals surface area contributed by atoms with E-state index in [1.165, 1.54) is 7.11 Å². The van der Waals surface area contributed by atoms with Gasteiger partial charge in [0.25, 0.3) is 0 Å². The van der Waals surface area contributed by atoms with E-state index >= 15 is 0 Å². The second kappa shape index (κ2) is 5.64. The van der Waals surface area contributed by atoms with Crippen LogP contribution in [0.15, 0.2) is 29.4 Å². The third-order valence-corrected chi connectivity index (χ3v) is 1.55. The number of hydrogen-bond acceptors (Lipinski definition) is 4. The molecule has 0 saturated carbocycles. The van der Waals surface area contributed by atoms with Crippen molar-refractivity contribution < 1.29 is 19.5 Å². The second-order valence-corrected chi connectivity index (χ2v) is 2.67. The van der Waals surface area contributed by atoms with Crippen LogP contribution >= 0.6 is 0 Å². The van der Waals surface area contributed by atoms with E-state index in [-0.39, 0.29) is 6.61 Å². The van der Waals surface area contributed by atoms with Crippen molar-refractivity contribution in [2.75, 3.05) is 13.7 Å². The van der Waals surface area contributed by atoms with Crippen LogP contribution in [0, 0.1) is 0 Å². The predicted octanol–water partition coefficient (Wildman–Crippen LogP) is 1.13. The van der Waals surface area contributed by atoms with Crippen LogP contribution in [-0.4, -0.2) is 31.0 Å². The molecule has 0 aliphatic heterocycles. The minimum absolute atomic E-state index is 0.342. The van der Waals surface area contributed by atoms with E-state index in [9.17, 15) is 4.79 Å². The van der Waals surface area contributed by atoms with Gasteiger partial charge >= 0.3 is 5.97 Å². The molecule has 0 heterocycles. The Kier molecular flexibility index (Phi) is 4.15. The lowest BCUT2D eigenvalue weighted by molar-refractivity contribution is -0.139. The van der Waals surface area contributed by atoms with Crippen LogP contribution < -0.4 is 4.74 Å². The van der Waals surface area contributed by atoms with Gasteiger partial charge in [-0.15, -0.1) is 0 Å². The lowest BCUT2D eigenvalue weighted by Crippen LogP contribution is -2.09. The minimum atomic E-state index is -1.000. The molecule has 1 N–H and O–H groups in total. The van der Waals surface area contributed by atoms with Crippen molar-refractivity contribution in [2.45, 2.75) is 0 Å². The summed E-state index contributed by atoms with van der Waals surface area (Å²) in [5, 5.41) is 12.0. The summed E-state index contributed by atoms with van der Waals surface area (Å²) in [6.45, 7) is -0.342. The molecule has 1 aromatic rings. The molecule has 0 spiro atoms. The van der Waals surface area contributed by atoms with Crippen molar-refractivity contribution >= 4 is 12.2 Å². The van der Waals surface area contributed by atoms with E-state index in [4.69, 9.17) is 9.84 Å². The minimum Gasteiger partial charge on any atom is -0.482 e. The van der Waals surface area contributed by atoms with Crippen molar-refractivity contribution in [1.82, 2.24) is 0 Å². The van der Waals surface area contributed by atoms with Gasteiger partial charge in [0.15, 0.2) is 6.61 Å². The van der Waals surface area contributed by atoms with Gasteiger partial charge in [-0.2, -0.15) is 0 Å². The molecular weight excluding hydrogens is 198 g/mol. The van der Waals surface area contributed by atoms with Crippen LogP contribution in [0.5, 0.6) is 5.75 Å². The number of rotatable bonds is 5. The lowest BCUT2D eigenvalue weighted by atomic mass is 10.2. The maximum absolute atomic E-state index is 10.2. The van der Waals surface area contributed by atoms with E-state index in [1.54, 1.807) is 30.5 Å². The molecule has 0 amide bonds. The first kappa shape index (κ1) is 11.0. The largest absolute Gasteiger partial charge is 0.482 e. The first-order valence-electron chi connectivity index (χ1n) is 4.23. The summed E-state index contributed by atoms with van der Waals surface area (Å²) < 4.78 is 4.95. The van der Waals surface area contributed by atoms with Crippen molar-refractivity contribution in [2.24, 2.45) is 5.16 Å². The van der Waals surface area contributed by atoms with Crippen molar-refractivity contribution in [3.05, 3.63) is 29.8 Å². The summed E-state index contributed by atoms with van der Waals surface area (Å²) in [6, 6.07) is 6.83. The number of oxime groups is 1. The first-order chi connectivity index (χ1) is 7.22. The van der Waals surface area contributed by atoms with E-state index in [2.05, 4.69) is 9.99 Å². The number of benzene rings is 1. The standard InChI is InChI=1S/C10H11NO4/c1-14-11-6-8-2-4-9(5-3-8)15-7-10(12)13/h2-6H,7H2,1H3,(H,12,13)/b11-6-. The van der Waals surface area contributed by atoms with Crippen molar-refractivity contribution in [3.63, 3.8) is 0 Å². The zero-order chi connectivity index (χ0) is 11.1. The summed E-state index contributed by atoms with van der Waals surface area (Å²) in [7, 11) is 1.46. The zero-order valence-electron chi connectivity index (χ0n) is 8.21. The van der Waals surface area contributed by atoms with Gasteiger partial charge in [0.05, 0.1) is 6.21 Å². The Labute approximate surface area is 86.9 Å². The van der Waals surface area contributed by atoms with Gasteiger partial charge < -0.3 is 14.7 Å². The van der Waals surface area contributed by atoms with Crippen LogP contribution in [0.3, 0.4) is 0 Å². The highest BCUT2D eigenvalue weighted by Crippen LogP contribution is 2.10. The number of carboxylic acids is 1. The Bertz CT molecular complexity index is 345. The quantitative estimate of drug-likeness (QED) is 0.583. The lowest BCUT2D eigenvalue weighted by Gasteiger charge is -2.02. The molecule has 5 nitrogen and oxygen atoms in total. The molecule has 0 unspecified atom stereocenters. The second-order valence-electron chi connectivity index (χ2n) is 2.67. The van der Waals surface area contributed by atoms with Gasteiger partial charge in [0.2, 0.25) is 0 Å². The van der Waals surface area contributed by atoms with E-state index in [0.29, 0.717) is 5.75 Å². The van der Waals surface area contributed by atoms with Crippen LogP contribution in [-0.2, 0) is 9.63 Å². The van der Waals surface area contributed by atoms with Crippen LogP contribution in [0.25, 0.3) is 0 Å². The van der Waals surface area contributed by atoms with Crippen LogP contribution in [0.4, 0.5) is 0 Å². The fourth-order valence-electron chi connectivity index (χ4n) is 0.909. The summed E-state index contributed by atoms with van der Waals surface area (Å²) in [5.41, 5.74) is 0.847. The van der Waals surface area contributed by atoms with Crippen LogP contribution in [0.1, 0.15) is 5.56 Å². The van der Waals surface area contributed by atoms with Gasteiger partial charge in [-0.3, -0.25) is 0 Å². The molecule has 0 saturated heterocycles. The molecule has 15 heavy (non-hydrogen) atoms. The average molecular weight is 209 g/mol. The molecule has 0 atom stereocenters. The van der Waals surface area contributed by atoms with Gasteiger partial charge in [-0.25, -0.2) is 4.79 Å². The van der Waals surface area contributed by atoms with Crippen LogP contribution in [0.2, 0.25) is 0 Å². The molecule has 0 bridgehead atoms. The van der Waals surface area contributed by atoms with Gasteiger partial charge in [0, 0.05) is 0 Å². The highest BCUT2D eigenvalue weighted by atomic mass is 16.6. The number of carbonyl (C=O) groups is 1. The van der Waals surface area contributed by atoms with Gasteiger partial charge in [0.1, 0.15) is 12.9 Å². The Balaban J connectivity index is 2.56. The van der Waals surface area contributed by atoms with Crippen molar-refractivity contribution in [1.29, 1.82) is 0 Å². The Morgan fingerprint density at radius 2 is 2.13 bits per heavy atom. The van der Waals surface area contributed by atoms with E-state index < -0.39 is 5.97 Å². The van der Waals surface area contributed by atoms with E-state index in [0.717, 1.165) is 5.56 Å². The predicted molar refractivity (Wildman–Crippen MR) is 54.2 cm³/mol. The molecule has 80 valence electrons. The highest BCUT2D eigenvalue weighted by molar-refractivity contribution is 5.79. The zero-order valence-corrected chi connectivity index (χ0v) is 8.21. The summed E-state index contributed by atoms with van der Waals surface area (Å²) in [6.07, 6.45) is 1.54. The number of aliphatic carboxylic acids is 1. The SMILES string of the molecule is CO/N=C\c1ccc(OCC(=O)O)cc1. The Morgan fingerprint density at radius 1 is 1.47 bits per heavy atom. The number of nitrogens with zero attached hydrogens (tertiary/aromatic N) is 1. The molecule has 1 aromatic carbocycles. The maximum atomic E-state index is 10.2. The molecular formula is C10H11NO4. The fourth-order valence-corrected chi connectivity index (χ4v) is 0.909. The number of carboxylic acid groups (broad SMARTS) is 1. The summed E-state index contributed by atoms with van der Waals surface area (Å²) in [4.78, 5) is 14.7. The fraction of sp³-hybridized carbons (Fsp3) is 0.200. The Morgan fingerprint density at radius 3 is 2.67 bits per heavy atom. The van der Waals surface area contributed by atoms with Gasteiger partial charge in [-0.05, 0) is 29.8 Å². The molecule has 0 aromatic heterocycles. The third-order valence-electron chi connectivity index (χ3n) is 1.55. The first-order valence-corrected chi connectivity index (χ1v) is 4.23. The molecule has 5 heteroatoms. The molecule has 1 rings (SSSR count). The maximum Gasteiger partial charge on any atom is 0.341 e. The normalized spacial score (nSPS) is 10.2. The average Bonchev–Trinajstić information content (AvgIpc) is 2.25. The smallest absolute Gasteiger partial charge is 0.341 e. The summed E-state index contributed by atoms with van der Waals surface area (Å²) >= 11 is 0. The summed E-state index contributed by atoms with van der Waals surface area (Å²) in [5.74, 6) is -0.494. The Hall–Kier alpha value is -2.04. The molecule has 0 aliphatic rings. The molecule has 0 aliphatic carbocycles. The molecule has 0 fully saturated rings. The van der Waals surface area contributed by atoms with Gasteiger partial charge in [-0.1, -0.05) is 5.16 Å². The number of hydrogen-bond donors (Lipinski definition) is 1.